The van der Waals surface area contributed by atoms with Gasteiger partial charge in [0.1, 0.15) is 5.82 Å². The van der Waals surface area contributed by atoms with Crippen molar-refractivity contribution < 1.29 is 9.47 Å². The summed E-state index contributed by atoms with van der Waals surface area (Å²) in [5, 5.41) is 0. The van der Waals surface area contributed by atoms with Gasteiger partial charge < -0.3 is 14.0 Å². The Morgan fingerprint density at radius 1 is 1.21 bits per heavy atom. The van der Waals surface area contributed by atoms with Crippen molar-refractivity contribution in [3.8, 4) is 0 Å². The van der Waals surface area contributed by atoms with Crippen molar-refractivity contribution in [3.05, 3.63) is 48.3 Å². The monoisotopic (exact) mass is 328 g/mol. The summed E-state index contributed by atoms with van der Waals surface area (Å²) in [5.74, 6) is 1.60. The van der Waals surface area contributed by atoms with E-state index in [1.807, 2.05) is 30.6 Å². The second-order valence-electron chi connectivity index (χ2n) is 6.64. The summed E-state index contributed by atoms with van der Waals surface area (Å²) in [4.78, 5) is 11.4. The van der Waals surface area contributed by atoms with E-state index in [0.29, 0.717) is 18.6 Å². The molecule has 0 aromatic carbocycles. The molecule has 4 rings (SSSR count). The average molecular weight is 328 g/mol. The van der Waals surface area contributed by atoms with Crippen molar-refractivity contribution in [2.45, 2.75) is 32.2 Å². The minimum atomic E-state index is 0.449. The Hall–Kier alpha value is -1.76. The number of fused-ring (bicyclic) bond motifs is 1. The molecule has 0 spiro atoms. The molecule has 1 fully saturated rings. The van der Waals surface area contributed by atoms with Crippen LogP contribution in [0.25, 0.3) is 0 Å². The number of hydrogen-bond donors (Lipinski definition) is 0. The Labute approximate surface area is 142 Å². The van der Waals surface area contributed by atoms with Gasteiger partial charge in [-0.25, -0.2) is 4.98 Å². The van der Waals surface area contributed by atoms with E-state index >= 15 is 0 Å². The highest BCUT2D eigenvalue weighted by atomic mass is 16.5. The van der Waals surface area contributed by atoms with Gasteiger partial charge in [-0.2, -0.15) is 0 Å². The standard InChI is InChI=1S/C18H24N4O2/c1-2-5-19-16(3-1)13-24-12-15-9-21-7-6-20-18(21)11-22(10-15)17-4-8-23-14-17/h1-3,5-7,15,17H,4,8-14H2/t15-,17+/m0/s1. The Kier molecular flexibility index (Phi) is 4.87. The molecule has 0 aliphatic carbocycles. The van der Waals surface area contributed by atoms with Crippen LogP contribution >= 0.6 is 0 Å². The smallest absolute Gasteiger partial charge is 0.122 e. The molecular formula is C18H24N4O2. The lowest BCUT2D eigenvalue weighted by atomic mass is 10.1. The van der Waals surface area contributed by atoms with Gasteiger partial charge in [0.2, 0.25) is 0 Å². The zero-order chi connectivity index (χ0) is 16.2. The molecule has 4 heterocycles. The quantitative estimate of drug-likeness (QED) is 0.836. The first-order valence-electron chi connectivity index (χ1n) is 8.68. The predicted molar refractivity (Wildman–Crippen MR) is 89.2 cm³/mol. The fourth-order valence-electron chi connectivity index (χ4n) is 3.58. The van der Waals surface area contributed by atoms with Crippen molar-refractivity contribution in [2.75, 3.05) is 26.4 Å². The van der Waals surface area contributed by atoms with E-state index in [-0.39, 0.29) is 0 Å². The van der Waals surface area contributed by atoms with Gasteiger partial charge in [-0.3, -0.25) is 9.88 Å². The molecule has 0 saturated carbocycles. The molecule has 128 valence electrons. The highest BCUT2D eigenvalue weighted by Gasteiger charge is 2.29. The van der Waals surface area contributed by atoms with Gasteiger partial charge in [0.15, 0.2) is 0 Å². The average Bonchev–Trinajstić information content (AvgIpc) is 3.25. The Balaban J connectivity index is 1.39. The predicted octanol–water partition coefficient (Wildman–Crippen LogP) is 1.72. The number of aromatic nitrogens is 3. The molecule has 0 unspecified atom stereocenters. The maximum absolute atomic E-state index is 5.96. The minimum Gasteiger partial charge on any atom is -0.380 e. The van der Waals surface area contributed by atoms with Gasteiger partial charge in [-0.05, 0) is 18.6 Å². The summed E-state index contributed by atoms with van der Waals surface area (Å²) in [6, 6.07) is 6.43. The van der Waals surface area contributed by atoms with E-state index in [2.05, 4.69) is 25.6 Å². The van der Waals surface area contributed by atoms with E-state index in [9.17, 15) is 0 Å². The number of hydrogen-bond acceptors (Lipinski definition) is 5. The molecule has 2 aromatic heterocycles. The van der Waals surface area contributed by atoms with E-state index in [1.165, 1.54) is 0 Å². The molecule has 2 aliphatic rings. The summed E-state index contributed by atoms with van der Waals surface area (Å²) >= 11 is 0. The van der Waals surface area contributed by atoms with Gasteiger partial charge in [0, 0.05) is 50.2 Å². The SMILES string of the molecule is c1ccc(COC[C@@H]2CN([C@@H]3CCOC3)Cc3nccn3C2)nc1. The molecule has 6 heteroatoms. The number of pyridine rings is 1. The van der Waals surface area contributed by atoms with Crippen LogP contribution in [0.2, 0.25) is 0 Å². The summed E-state index contributed by atoms with van der Waals surface area (Å²) in [6.45, 7) is 5.90. The summed E-state index contributed by atoms with van der Waals surface area (Å²) < 4.78 is 13.8. The van der Waals surface area contributed by atoms with Crippen molar-refractivity contribution in [1.82, 2.24) is 19.4 Å². The topological polar surface area (TPSA) is 52.4 Å². The van der Waals surface area contributed by atoms with E-state index < -0.39 is 0 Å². The van der Waals surface area contributed by atoms with Crippen LogP contribution in [-0.4, -0.2) is 51.8 Å². The van der Waals surface area contributed by atoms with Crippen LogP contribution in [0.4, 0.5) is 0 Å². The first kappa shape index (κ1) is 15.7. The molecule has 0 radical (unpaired) electrons. The van der Waals surface area contributed by atoms with Crippen LogP contribution < -0.4 is 0 Å². The number of rotatable bonds is 5. The summed E-state index contributed by atoms with van der Waals surface area (Å²) in [7, 11) is 0. The lowest BCUT2D eigenvalue weighted by Crippen LogP contribution is -2.39. The maximum Gasteiger partial charge on any atom is 0.122 e. The molecule has 2 aromatic rings. The zero-order valence-corrected chi connectivity index (χ0v) is 13.9. The molecule has 1 saturated heterocycles. The number of ether oxygens (including phenoxy) is 2. The van der Waals surface area contributed by atoms with Crippen LogP contribution in [0.1, 0.15) is 17.9 Å². The third-order valence-electron chi connectivity index (χ3n) is 4.85. The molecular weight excluding hydrogens is 304 g/mol. The molecule has 0 bridgehead atoms. The van der Waals surface area contributed by atoms with Gasteiger partial charge in [0.25, 0.3) is 0 Å². The molecule has 24 heavy (non-hydrogen) atoms. The number of imidazole rings is 1. The molecule has 0 N–H and O–H groups in total. The first-order chi connectivity index (χ1) is 11.9. The lowest BCUT2D eigenvalue weighted by molar-refractivity contribution is 0.0552. The highest BCUT2D eigenvalue weighted by Crippen LogP contribution is 2.22. The number of nitrogens with zero attached hydrogens (tertiary/aromatic N) is 4. The van der Waals surface area contributed by atoms with Crippen LogP contribution in [0.5, 0.6) is 0 Å². The van der Waals surface area contributed by atoms with Crippen molar-refractivity contribution in [1.29, 1.82) is 0 Å². The third-order valence-corrected chi connectivity index (χ3v) is 4.85. The lowest BCUT2D eigenvalue weighted by Gasteiger charge is -2.28. The van der Waals surface area contributed by atoms with Crippen LogP contribution in [0, 0.1) is 5.92 Å². The Morgan fingerprint density at radius 3 is 3.04 bits per heavy atom. The van der Waals surface area contributed by atoms with Gasteiger partial charge in [-0.1, -0.05) is 6.07 Å². The van der Waals surface area contributed by atoms with Gasteiger partial charge in [0.05, 0.1) is 32.1 Å². The van der Waals surface area contributed by atoms with Gasteiger partial charge in [-0.15, -0.1) is 0 Å². The molecule has 6 nitrogen and oxygen atoms in total. The molecule has 2 atom stereocenters. The van der Waals surface area contributed by atoms with E-state index in [0.717, 1.165) is 57.4 Å². The second-order valence-corrected chi connectivity index (χ2v) is 6.64. The highest BCUT2D eigenvalue weighted by molar-refractivity contribution is 5.02. The third kappa shape index (κ3) is 3.66. The Bertz CT molecular complexity index is 639. The zero-order valence-electron chi connectivity index (χ0n) is 13.9. The van der Waals surface area contributed by atoms with Crippen molar-refractivity contribution >= 4 is 0 Å². The fourth-order valence-corrected chi connectivity index (χ4v) is 3.58. The second kappa shape index (κ2) is 7.42. The molecule has 0 amide bonds. The van der Waals surface area contributed by atoms with Crippen LogP contribution in [0.15, 0.2) is 36.8 Å². The van der Waals surface area contributed by atoms with Crippen LogP contribution in [0.3, 0.4) is 0 Å². The Morgan fingerprint density at radius 2 is 2.21 bits per heavy atom. The maximum atomic E-state index is 5.96. The largest absolute Gasteiger partial charge is 0.380 e. The molecule has 2 aliphatic heterocycles. The van der Waals surface area contributed by atoms with E-state index in [1.54, 1.807) is 0 Å². The van der Waals surface area contributed by atoms with Crippen LogP contribution in [-0.2, 0) is 29.2 Å². The van der Waals surface area contributed by atoms with Crippen molar-refractivity contribution in [3.63, 3.8) is 0 Å². The van der Waals surface area contributed by atoms with Crippen molar-refractivity contribution in [2.24, 2.45) is 5.92 Å². The summed E-state index contributed by atoms with van der Waals surface area (Å²) in [6.07, 6.45) is 6.90. The summed E-state index contributed by atoms with van der Waals surface area (Å²) in [5.41, 5.74) is 0.982. The van der Waals surface area contributed by atoms with E-state index in [4.69, 9.17) is 9.47 Å². The fraction of sp³-hybridized carbons (Fsp3) is 0.556. The van der Waals surface area contributed by atoms with Gasteiger partial charge >= 0.3 is 0 Å². The minimum absolute atomic E-state index is 0.449. The first-order valence-corrected chi connectivity index (χ1v) is 8.68. The normalized spacial score (nSPS) is 24.7.